The van der Waals surface area contributed by atoms with E-state index in [2.05, 4.69) is 0 Å². The first-order valence-corrected chi connectivity index (χ1v) is 5.37. The van der Waals surface area contributed by atoms with Crippen molar-refractivity contribution in [3.63, 3.8) is 0 Å². The molecule has 0 rings (SSSR count). The maximum Gasteiger partial charge on any atom is 0.303 e. The Morgan fingerprint density at radius 1 is 1.36 bits per heavy atom. The molecule has 0 saturated carbocycles. The molecule has 0 aliphatic rings. The van der Waals surface area contributed by atoms with Gasteiger partial charge in [-0.15, -0.1) is 0 Å². The van der Waals surface area contributed by atoms with E-state index in [-0.39, 0.29) is 12.2 Å². The van der Waals surface area contributed by atoms with Crippen LogP contribution in [0, 0.1) is 0 Å². The Morgan fingerprint density at radius 3 is 2.27 bits per heavy atom. The van der Waals surface area contributed by atoms with Crippen molar-refractivity contribution in [2.45, 2.75) is 19.3 Å². The fourth-order valence-corrected chi connectivity index (χ4v) is 1.37. The Balaban J connectivity index is 3.37. The van der Waals surface area contributed by atoms with Gasteiger partial charge in [0.05, 0.1) is 0 Å². The van der Waals surface area contributed by atoms with Gasteiger partial charge < -0.3 is 5.11 Å². The monoisotopic (exact) mass is 180 g/mol. The van der Waals surface area contributed by atoms with Crippen LogP contribution in [-0.2, 0) is 14.6 Å². The van der Waals surface area contributed by atoms with Gasteiger partial charge in [0.2, 0.25) is 0 Å². The van der Waals surface area contributed by atoms with E-state index in [1.165, 1.54) is 0 Å². The lowest BCUT2D eigenvalue weighted by Crippen LogP contribution is -2.03. The molecule has 0 atom stereocenters. The summed E-state index contributed by atoms with van der Waals surface area (Å²) in [4.78, 5) is 9.97. The molecule has 0 heterocycles. The summed E-state index contributed by atoms with van der Waals surface area (Å²) in [6.45, 7) is 0. The summed E-state index contributed by atoms with van der Waals surface area (Å²) >= 11 is 0. The van der Waals surface area contributed by atoms with Crippen molar-refractivity contribution in [3.05, 3.63) is 0 Å². The van der Waals surface area contributed by atoms with Crippen LogP contribution in [0.25, 0.3) is 0 Å². The number of aliphatic carboxylic acids is 1. The second-order valence-electron chi connectivity index (χ2n) is 2.48. The highest BCUT2D eigenvalue weighted by Crippen LogP contribution is 1.97. The number of carboxylic acid groups (broad SMARTS) is 1. The van der Waals surface area contributed by atoms with E-state index in [0.29, 0.717) is 12.8 Å². The summed E-state index contributed by atoms with van der Waals surface area (Å²) in [6, 6.07) is 0. The zero-order chi connectivity index (χ0) is 8.91. The predicted molar refractivity (Wildman–Crippen MR) is 41.2 cm³/mol. The molecule has 0 radical (unpaired) electrons. The number of sulfone groups is 1. The molecule has 0 saturated heterocycles. The van der Waals surface area contributed by atoms with Crippen molar-refractivity contribution < 1.29 is 18.3 Å². The second kappa shape index (κ2) is 4.33. The lowest BCUT2D eigenvalue weighted by molar-refractivity contribution is -0.137. The summed E-state index contributed by atoms with van der Waals surface area (Å²) in [6.07, 6.45) is 2.07. The fourth-order valence-electron chi connectivity index (χ4n) is 0.640. The van der Waals surface area contributed by atoms with E-state index in [0.717, 1.165) is 6.26 Å². The van der Waals surface area contributed by atoms with Crippen LogP contribution in [0.3, 0.4) is 0 Å². The van der Waals surface area contributed by atoms with E-state index in [1.807, 2.05) is 0 Å². The molecule has 0 bridgehead atoms. The third-order valence-electron chi connectivity index (χ3n) is 1.16. The predicted octanol–water partition coefficient (Wildman–Crippen LogP) is 0.286. The number of hydrogen-bond donors (Lipinski definition) is 1. The molecule has 0 aromatic carbocycles. The van der Waals surface area contributed by atoms with Crippen molar-refractivity contribution in [2.24, 2.45) is 0 Å². The van der Waals surface area contributed by atoms with Gasteiger partial charge in [-0.1, -0.05) is 0 Å². The first-order valence-electron chi connectivity index (χ1n) is 3.31. The van der Waals surface area contributed by atoms with Crippen LogP contribution in [0.2, 0.25) is 0 Å². The van der Waals surface area contributed by atoms with Gasteiger partial charge in [0.1, 0.15) is 9.84 Å². The molecule has 1 N–H and O–H groups in total. The highest BCUT2D eigenvalue weighted by Gasteiger charge is 2.02. The Bertz CT molecular complexity index is 217. The maximum absolute atomic E-state index is 10.5. The van der Waals surface area contributed by atoms with Gasteiger partial charge in [0, 0.05) is 18.4 Å². The SMILES string of the molecule is CS(=O)(=O)CCCCC(=O)O. The van der Waals surface area contributed by atoms with Crippen LogP contribution >= 0.6 is 0 Å². The van der Waals surface area contributed by atoms with Gasteiger partial charge in [-0.25, -0.2) is 8.42 Å². The summed E-state index contributed by atoms with van der Waals surface area (Å²) in [5, 5.41) is 8.19. The Labute approximate surface area is 66.1 Å². The minimum Gasteiger partial charge on any atom is -0.481 e. The van der Waals surface area contributed by atoms with Crippen LogP contribution in [0.15, 0.2) is 0 Å². The number of carboxylic acids is 1. The molecule has 66 valence electrons. The molecule has 0 spiro atoms. The minimum absolute atomic E-state index is 0.0511. The van der Waals surface area contributed by atoms with Crippen LogP contribution < -0.4 is 0 Å². The number of unbranched alkanes of at least 4 members (excludes halogenated alkanes) is 1. The first-order chi connectivity index (χ1) is 4.92. The van der Waals surface area contributed by atoms with Crippen molar-refractivity contribution in [1.29, 1.82) is 0 Å². The van der Waals surface area contributed by atoms with Gasteiger partial charge in [-0.2, -0.15) is 0 Å². The number of carbonyl (C=O) groups is 1. The van der Waals surface area contributed by atoms with E-state index >= 15 is 0 Å². The third-order valence-corrected chi connectivity index (χ3v) is 2.19. The average Bonchev–Trinajstić information content (AvgIpc) is 1.78. The molecular weight excluding hydrogens is 168 g/mol. The van der Waals surface area contributed by atoms with Crippen molar-refractivity contribution >= 4 is 15.8 Å². The normalized spacial score (nSPS) is 11.4. The van der Waals surface area contributed by atoms with Crippen LogP contribution in [0.1, 0.15) is 19.3 Å². The third kappa shape index (κ3) is 9.42. The molecule has 0 aliphatic carbocycles. The average molecular weight is 180 g/mol. The molecule has 0 fully saturated rings. The summed E-state index contributed by atoms with van der Waals surface area (Å²) in [5.74, 6) is -0.793. The van der Waals surface area contributed by atoms with E-state index in [9.17, 15) is 13.2 Å². The van der Waals surface area contributed by atoms with Gasteiger partial charge in [0.15, 0.2) is 0 Å². The van der Waals surface area contributed by atoms with E-state index < -0.39 is 15.8 Å². The summed E-state index contributed by atoms with van der Waals surface area (Å²) < 4.78 is 21.1. The van der Waals surface area contributed by atoms with E-state index in [4.69, 9.17) is 5.11 Å². The highest BCUT2D eigenvalue weighted by atomic mass is 32.2. The quantitative estimate of drug-likeness (QED) is 0.617. The van der Waals surface area contributed by atoms with Crippen molar-refractivity contribution in [3.8, 4) is 0 Å². The highest BCUT2D eigenvalue weighted by molar-refractivity contribution is 7.90. The van der Waals surface area contributed by atoms with Gasteiger partial charge >= 0.3 is 5.97 Å². The van der Waals surface area contributed by atoms with Crippen molar-refractivity contribution in [2.75, 3.05) is 12.0 Å². The fraction of sp³-hybridized carbons (Fsp3) is 0.833. The molecule has 11 heavy (non-hydrogen) atoms. The lowest BCUT2D eigenvalue weighted by atomic mass is 10.3. The molecule has 4 nitrogen and oxygen atoms in total. The first kappa shape index (κ1) is 10.4. The molecule has 0 aromatic rings. The van der Waals surface area contributed by atoms with Crippen LogP contribution in [0.5, 0.6) is 0 Å². The Morgan fingerprint density at radius 2 is 1.91 bits per heavy atom. The minimum atomic E-state index is -2.91. The Kier molecular flexibility index (Phi) is 4.10. The number of rotatable bonds is 5. The van der Waals surface area contributed by atoms with E-state index in [1.54, 1.807) is 0 Å². The van der Waals surface area contributed by atoms with Crippen LogP contribution in [0.4, 0.5) is 0 Å². The summed E-state index contributed by atoms with van der Waals surface area (Å²) in [7, 11) is -2.91. The molecule has 0 aliphatic heterocycles. The van der Waals surface area contributed by atoms with Gasteiger partial charge in [0.25, 0.3) is 0 Å². The van der Waals surface area contributed by atoms with Crippen LogP contribution in [-0.4, -0.2) is 31.5 Å². The Hall–Kier alpha value is -0.580. The smallest absolute Gasteiger partial charge is 0.303 e. The molecule has 0 amide bonds. The molecular formula is C6H12O4S. The molecule has 0 aromatic heterocycles. The zero-order valence-electron chi connectivity index (χ0n) is 6.41. The topological polar surface area (TPSA) is 71.4 Å². The van der Waals surface area contributed by atoms with Gasteiger partial charge in [-0.05, 0) is 12.8 Å². The second-order valence-corrected chi connectivity index (χ2v) is 4.74. The van der Waals surface area contributed by atoms with Crippen molar-refractivity contribution in [1.82, 2.24) is 0 Å². The summed E-state index contributed by atoms with van der Waals surface area (Å²) in [5.41, 5.74) is 0. The lowest BCUT2D eigenvalue weighted by Gasteiger charge is -1.95. The standard InChI is InChI=1S/C6H12O4S/c1-11(9,10)5-3-2-4-6(7)8/h2-5H2,1H3,(H,7,8). The largest absolute Gasteiger partial charge is 0.481 e. The molecule has 5 heteroatoms. The van der Waals surface area contributed by atoms with Gasteiger partial charge in [-0.3, -0.25) is 4.79 Å². The number of hydrogen-bond acceptors (Lipinski definition) is 3. The maximum atomic E-state index is 10.5. The zero-order valence-corrected chi connectivity index (χ0v) is 7.23. The molecule has 0 unspecified atom stereocenters.